The van der Waals surface area contributed by atoms with E-state index in [-0.39, 0.29) is 11.9 Å². The van der Waals surface area contributed by atoms with Crippen molar-refractivity contribution in [3.8, 4) is 0 Å². The summed E-state index contributed by atoms with van der Waals surface area (Å²) in [6, 6.07) is -1.84. The van der Waals surface area contributed by atoms with Crippen LogP contribution in [-0.4, -0.2) is 52.0 Å². The molecule has 9 heteroatoms. The van der Waals surface area contributed by atoms with Gasteiger partial charge in [0.1, 0.15) is 17.5 Å². The fourth-order valence-electron chi connectivity index (χ4n) is 1.05. The molecule has 0 heterocycles. The van der Waals surface area contributed by atoms with Crippen molar-refractivity contribution in [1.82, 2.24) is 0 Å². The molecule has 0 rings (SSSR count). The average Bonchev–Trinajstić information content (AvgIpc) is 2.33. The SMILES string of the molecule is CCOC(CC(N)C(=O)O)SSCCC(N)C(=O)O. The first-order valence-corrected chi connectivity index (χ1v) is 8.13. The number of rotatable bonds is 11. The van der Waals surface area contributed by atoms with Gasteiger partial charge in [-0.2, -0.15) is 0 Å². The van der Waals surface area contributed by atoms with Crippen LogP contribution in [0.5, 0.6) is 0 Å². The molecule has 0 aliphatic rings. The lowest BCUT2D eigenvalue weighted by Gasteiger charge is -2.18. The molecule has 0 aromatic carbocycles. The summed E-state index contributed by atoms with van der Waals surface area (Å²) < 4.78 is 5.37. The van der Waals surface area contributed by atoms with Crippen LogP contribution in [0.15, 0.2) is 0 Å². The first-order valence-electron chi connectivity index (χ1n) is 5.75. The minimum absolute atomic E-state index is 0.200. The summed E-state index contributed by atoms with van der Waals surface area (Å²) in [7, 11) is 2.75. The van der Waals surface area contributed by atoms with E-state index in [4.69, 9.17) is 26.4 Å². The molecule has 0 amide bonds. The number of carboxylic acids is 2. The number of hydrogen-bond acceptors (Lipinski definition) is 7. The van der Waals surface area contributed by atoms with Gasteiger partial charge in [-0.3, -0.25) is 9.59 Å². The molecular weight excluding hydrogens is 292 g/mol. The van der Waals surface area contributed by atoms with Crippen molar-refractivity contribution in [1.29, 1.82) is 0 Å². The second-order valence-corrected chi connectivity index (χ2v) is 6.36. The van der Waals surface area contributed by atoms with Gasteiger partial charge in [0.2, 0.25) is 0 Å². The van der Waals surface area contributed by atoms with E-state index in [0.29, 0.717) is 18.8 Å². The third-order valence-corrected chi connectivity index (χ3v) is 4.75. The zero-order valence-electron chi connectivity index (χ0n) is 10.7. The average molecular weight is 312 g/mol. The Morgan fingerprint density at radius 3 is 2.26 bits per heavy atom. The summed E-state index contributed by atoms with van der Waals surface area (Å²) in [5, 5.41) is 17.3. The topological polar surface area (TPSA) is 136 Å². The van der Waals surface area contributed by atoms with E-state index in [1.807, 2.05) is 6.92 Å². The van der Waals surface area contributed by atoms with Crippen molar-refractivity contribution < 1.29 is 24.5 Å². The van der Waals surface area contributed by atoms with Gasteiger partial charge in [0, 0.05) is 18.8 Å². The lowest BCUT2D eigenvalue weighted by Crippen LogP contribution is -2.33. The van der Waals surface area contributed by atoms with E-state index in [9.17, 15) is 9.59 Å². The van der Waals surface area contributed by atoms with E-state index >= 15 is 0 Å². The molecule has 0 aliphatic heterocycles. The van der Waals surface area contributed by atoms with E-state index < -0.39 is 24.0 Å². The van der Waals surface area contributed by atoms with Gasteiger partial charge >= 0.3 is 11.9 Å². The second kappa shape index (κ2) is 10.3. The van der Waals surface area contributed by atoms with Crippen LogP contribution in [0.4, 0.5) is 0 Å². The van der Waals surface area contributed by atoms with Crippen molar-refractivity contribution in [2.75, 3.05) is 12.4 Å². The Bertz CT molecular complexity index is 293. The molecule has 0 aromatic heterocycles. The molecule has 19 heavy (non-hydrogen) atoms. The Morgan fingerprint density at radius 2 is 1.79 bits per heavy atom. The molecule has 0 aliphatic carbocycles. The van der Waals surface area contributed by atoms with E-state index in [0.717, 1.165) is 0 Å². The van der Waals surface area contributed by atoms with E-state index in [2.05, 4.69) is 0 Å². The molecule has 6 N–H and O–H groups in total. The summed E-state index contributed by atoms with van der Waals surface area (Å²) in [5.74, 6) is -1.55. The minimum Gasteiger partial charge on any atom is -0.480 e. The Hall–Kier alpha value is -0.480. The van der Waals surface area contributed by atoms with Crippen molar-refractivity contribution in [3.63, 3.8) is 0 Å². The van der Waals surface area contributed by atoms with Gasteiger partial charge in [-0.1, -0.05) is 21.6 Å². The number of carboxylic acid groups (broad SMARTS) is 2. The number of nitrogens with two attached hydrogens (primary N) is 2. The fourth-order valence-corrected chi connectivity index (χ4v) is 3.56. The number of carbonyl (C=O) groups is 2. The van der Waals surface area contributed by atoms with Crippen LogP contribution in [0.1, 0.15) is 19.8 Å². The highest BCUT2D eigenvalue weighted by Crippen LogP contribution is 2.30. The van der Waals surface area contributed by atoms with Crippen LogP contribution >= 0.6 is 21.6 Å². The molecule has 0 fully saturated rings. The summed E-state index contributed by atoms with van der Waals surface area (Å²) in [6.45, 7) is 2.27. The smallest absolute Gasteiger partial charge is 0.320 e. The highest BCUT2D eigenvalue weighted by molar-refractivity contribution is 8.76. The van der Waals surface area contributed by atoms with Crippen LogP contribution in [0.25, 0.3) is 0 Å². The highest BCUT2D eigenvalue weighted by atomic mass is 33.1. The number of hydrogen-bond donors (Lipinski definition) is 4. The molecule has 0 radical (unpaired) electrons. The maximum Gasteiger partial charge on any atom is 0.320 e. The van der Waals surface area contributed by atoms with Gasteiger partial charge in [0.05, 0.1) is 0 Å². The maximum atomic E-state index is 10.7. The molecule has 0 saturated heterocycles. The van der Waals surface area contributed by atoms with Crippen LogP contribution < -0.4 is 11.5 Å². The Kier molecular flexibility index (Phi) is 10.1. The monoisotopic (exact) mass is 312 g/mol. The highest BCUT2D eigenvalue weighted by Gasteiger charge is 2.20. The molecule has 7 nitrogen and oxygen atoms in total. The maximum absolute atomic E-state index is 10.7. The normalized spacial score (nSPS) is 15.7. The lowest BCUT2D eigenvalue weighted by atomic mass is 10.2. The summed E-state index contributed by atoms with van der Waals surface area (Å²) >= 11 is 0. The van der Waals surface area contributed by atoms with Gasteiger partial charge in [0.15, 0.2) is 0 Å². The molecule has 112 valence electrons. The molecule has 0 aromatic rings. The fraction of sp³-hybridized carbons (Fsp3) is 0.800. The lowest BCUT2D eigenvalue weighted by molar-refractivity contribution is -0.139. The van der Waals surface area contributed by atoms with Crippen LogP contribution in [0, 0.1) is 0 Å². The van der Waals surface area contributed by atoms with Gasteiger partial charge < -0.3 is 26.4 Å². The summed E-state index contributed by atoms with van der Waals surface area (Å²) in [5.41, 5.74) is 10.5. The van der Waals surface area contributed by atoms with Gasteiger partial charge in [-0.05, 0) is 13.3 Å². The van der Waals surface area contributed by atoms with Crippen molar-refractivity contribution in [2.45, 2.75) is 37.3 Å². The largest absolute Gasteiger partial charge is 0.480 e. The molecule has 3 atom stereocenters. The molecule has 0 spiro atoms. The van der Waals surface area contributed by atoms with Crippen molar-refractivity contribution in [2.24, 2.45) is 11.5 Å². The molecular formula is C10H20N2O5S2. The minimum atomic E-state index is -1.07. The van der Waals surface area contributed by atoms with Gasteiger partial charge in [-0.25, -0.2) is 0 Å². The third-order valence-electron chi connectivity index (χ3n) is 2.12. The van der Waals surface area contributed by atoms with Crippen molar-refractivity contribution in [3.05, 3.63) is 0 Å². The third kappa shape index (κ3) is 9.11. The van der Waals surface area contributed by atoms with E-state index in [1.165, 1.54) is 21.6 Å². The second-order valence-electron chi connectivity index (χ2n) is 3.72. The number of aliphatic carboxylic acids is 2. The molecule has 0 bridgehead atoms. The zero-order chi connectivity index (χ0) is 14.8. The van der Waals surface area contributed by atoms with Crippen LogP contribution in [0.3, 0.4) is 0 Å². The summed E-state index contributed by atoms with van der Waals surface area (Å²) in [6.07, 6.45) is 0.544. The van der Waals surface area contributed by atoms with Gasteiger partial charge in [-0.15, -0.1) is 0 Å². The molecule has 3 unspecified atom stereocenters. The van der Waals surface area contributed by atoms with Gasteiger partial charge in [0.25, 0.3) is 0 Å². The van der Waals surface area contributed by atoms with Crippen molar-refractivity contribution >= 4 is 33.5 Å². The van der Waals surface area contributed by atoms with E-state index in [1.54, 1.807) is 0 Å². The van der Waals surface area contributed by atoms with Crippen LogP contribution in [0.2, 0.25) is 0 Å². The standard InChI is InChI=1S/C10H20N2O5S2/c1-2-17-8(5-7(12)10(15)16)19-18-4-3-6(11)9(13)14/h6-8H,2-5,11-12H2,1H3,(H,13,14)(H,15,16). The first kappa shape index (κ1) is 18.5. The molecule has 0 saturated carbocycles. The Morgan fingerprint density at radius 1 is 1.21 bits per heavy atom. The predicted molar refractivity (Wildman–Crippen MR) is 75.9 cm³/mol. The number of ether oxygens (including phenoxy) is 1. The Balaban J connectivity index is 3.94. The zero-order valence-corrected chi connectivity index (χ0v) is 12.3. The Labute approximate surface area is 119 Å². The quantitative estimate of drug-likeness (QED) is 0.242. The predicted octanol–water partition coefficient (Wildman–Crippen LogP) is 0.334. The van der Waals surface area contributed by atoms with Crippen LogP contribution in [-0.2, 0) is 14.3 Å². The summed E-state index contributed by atoms with van der Waals surface area (Å²) in [4.78, 5) is 21.2. The first-order chi connectivity index (χ1) is 8.88.